The lowest BCUT2D eigenvalue weighted by molar-refractivity contribution is 0.175. The predicted octanol–water partition coefficient (Wildman–Crippen LogP) is 3.11. The zero-order valence-electron chi connectivity index (χ0n) is 11.2. The first kappa shape index (κ1) is 12.4. The summed E-state index contributed by atoms with van der Waals surface area (Å²) in [5.74, 6) is 0.952. The first-order chi connectivity index (χ1) is 7.96. The van der Waals surface area contributed by atoms with E-state index in [0.717, 1.165) is 25.0 Å². The lowest BCUT2D eigenvalue weighted by Crippen LogP contribution is -2.20. The second kappa shape index (κ2) is 4.34. The largest absolute Gasteiger partial charge is 0.496 e. The van der Waals surface area contributed by atoms with E-state index in [9.17, 15) is 5.11 Å². The van der Waals surface area contributed by atoms with Gasteiger partial charge in [-0.2, -0.15) is 0 Å². The maximum absolute atomic E-state index is 9.76. The summed E-state index contributed by atoms with van der Waals surface area (Å²) in [6.45, 7) is 6.47. The molecule has 1 fully saturated rings. The van der Waals surface area contributed by atoms with Crippen LogP contribution in [0.4, 0.5) is 0 Å². The number of aryl methyl sites for hydroxylation is 2. The smallest absolute Gasteiger partial charge is 0.122 e. The molecule has 2 heteroatoms. The van der Waals surface area contributed by atoms with E-state index >= 15 is 0 Å². The number of hydrogen-bond donors (Lipinski definition) is 1. The Labute approximate surface area is 104 Å². The normalized spacial score (nSPS) is 28.4. The number of aliphatic hydroxyl groups is 1. The number of methoxy groups -OCH3 is 1. The Kier molecular flexibility index (Phi) is 3.17. The average Bonchev–Trinajstić information content (AvgIpc) is 2.62. The van der Waals surface area contributed by atoms with Crippen LogP contribution in [-0.4, -0.2) is 18.3 Å². The molecule has 0 bridgehead atoms. The molecular weight excluding hydrogens is 212 g/mol. The van der Waals surface area contributed by atoms with Gasteiger partial charge in [-0.15, -0.1) is 0 Å². The summed E-state index contributed by atoms with van der Waals surface area (Å²) >= 11 is 0. The first-order valence-corrected chi connectivity index (χ1v) is 6.30. The molecular formula is C15H22O2. The van der Waals surface area contributed by atoms with Crippen LogP contribution in [0.1, 0.15) is 42.9 Å². The SMILES string of the molecule is COc1cc(C)c(C2(C)CCC(O)C2)cc1C. The van der Waals surface area contributed by atoms with Crippen molar-refractivity contribution in [1.82, 2.24) is 0 Å². The molecule has 1 aromatic carbocycles. The monoisotopic (exact) mass is 234 g/mol. The first-order valence-electron chi connectivity index (χ1n) is 6.30. The second-order valence-corrected chi connectivity index (χ2v) is 5.59. The molecule has 2 unspecified atom stereocenters. The zero-order valence-corrected chi connectivity index (χ0v) is 11.2. The maximum atomic E-state index is 9.76. The maximum Gasteiger partial charge on any atom is 0.122 e. The summed E-state index contributed by atoms with van der Waals surface area (Å²) in [5, 5.41) is 9.76. The van der Waals surface area contributed by atoms with Crippen LogP contribution < -0.4 is 4.74 Å². The fourth-order valence-corrected chi connectivity index (χ4v) is 3.11. The summed E-state index contributed by atoms with van der Waals surface area (Å²) < 4.78 is 5.35. The van der Waals surface area contributed by atoms with Gasteiger partial charge in [0.2, 0.25) is 0 Å². The van der Waals surface area contributed by atoms with Gasteiger partial charge in [0.1, 0.15) is 5.75 Å². The Morgan fingerprint density at radius 3 is 2.53 bits per heavy atom. The Morgan fingerprint density at radius 1 is 1.29 bits per heavy atom. The minimum absolute atomic E-state index is 0.126. The van der Waals surface area contributed by atoms with Crippen molar-refractivity contribution in [1.29, 1.82) is 0 Å². The van der Waals surface area contributed by atoms with Crippen LogP contribution in [0.25, 0.3) is 0 Å². The van der Waals surface area contributed by atoms with Crippen LogP contribution in [0, 0.1) is 13.8 Å². The number of benzene rings is 1. The lowest BCUT2D eigenvalue weighted by atomic mass is 9.78. The summed E-state index contributed by atoms with van der Waals surface area (Å²) in [7, 11) is 1.71. The van der Waals surface area contributed by atoms with Crippen molar-refractivity contribution in [3.63, 3.8) is 0 Å². The van der Waals surface area contributed by atoms with Gasteiger partial charge in [0.25, 0.3) is 0 Å². The molecule has 0 heterocycles. The molecule has 0 spiro atoms. The molecule has 17 heavy (non-hydrogen) atoms. The summed E-state index contributed by atoms with van der Waals surface area (Å²) in [5.41, 5.74) is 3.94. The van der Waals surface area contributed by atoms with Gasteiger partial charge in [-0.1, -0.05) is 13.0 Å². The molecule has 94 valence electrons. The summed E-state index contributed by atoms with van der Waals surface area (Å²) in [6.07, 6.45) is 2.73. The Morgan fingerprint density at radius 2 is 2.00 bits per heavy atom. The molecule has 0 amide bonds. The van der Waals surface area contributed by atoms with Crippen LogP contribution in [0.5, 0.6) is 5.75 Å². The van der Waals surface area contributed by atoms with Crippen molar-refractivity contribution in [2.45, 2.75) is 51.6 Å². The second-order valence-electron chi connectivity index (χ2n) is 5.59. The van der Waals surface area contributed by atoms with Gasteiger partial charge in [-0.3, -0.25) is 0 Å². The van der Waals surface area contributed by atoms with Crippen LogP contribution in [0.3, 0.4) is 0 Å². The van der Waals surface area contributed by atoms with Crippen molar-refractivity contribution in [3.8, 4) is 5.75 Å². The summed E-state index contributed by atoms with van der Waals surface area (Å²) in [4.78, 5) is 0. The molecule has 1 N–H and O–H groups in total. The third-order valence-electron chi connectivity index (χ3n) is 4.11. The van der Waals surface area contributed by atoms with Crippen LogP contribution in [0.2, 0.25) is 0 Å². The quantitative estimate of drug-likeness (QED) is 0.852. The standard InChI is InChI=1S/C15H22O2/c1-10-8-14(17-4)11(2)7-13(10)15(3)6-5-12(16)9-15/h7-8,12,16H,5-6,9H2,1-4H3. The molecule has 0 radical (unpaired) electrons. The van der Waals surface area contributed by atoms with E-state index in [1.165, 1.54) is 16.7 Å². The van der Waals surface area contributed by atoms with Gasteiger partial charge in [-0.25, -0.2) is 0 Å². The minimum atomic E-state index is -0.137. The molecule has 2 nitrogen and oxygen atoms in total. The van der Waals surface area contributed by atoms with E-state index in [0.29, 0.717) is 0 Å². The van der Waals surface area contributed by atoms with Gasteiger partial charge >= 0.3 is 0 Å². The number of rotatable bonds is 2. The highest BCUT2D eigenvalue weighted by Gasteiger charge is 2.36. The molecule has 2 rings (SSSR count). The fraction of sp³-hybridized carbons (Fsp3) is 0.600. The number of aliphatic hydroxyl groups excluding tert-OH is 1. The Hall–Kier alpha value is -1.02. The van der Waals surface area contributed by atoms with E-state index in [2.05, 4.69) is 32.9 Å². The zero-order chi connectivity index (χ0) is 12.6. The summed E-state index contributed by atoms with van der Waals surface area (Å²) in [6, 6.07) is 4.34. The molecule has 1 saturated carbocycles. The molecule has 0 aromatic heterocycles. The molecule has 0 saturated heterocycles. The third kappa shape index (κ3) is 2.19. The van der Waals surface area contributed by atoms with E-state index in [1.807, 2.05) is 0 Å². The number of ether oxygens (including phenoxy) is 1. The van der Waals surface area contributed by atoms with Crippen LogP contribution in [0.15, 0.2) is 12.1 Å². The van der Waals surface area contributed by atoms with Gasteiger partial charge in [0.05, 0.1) is 13.2 Å². The Bertz CT molecular complexity index is 425. The molecule has 1 aromatic rings. The van der Waals surface area contributed by atoms with E-state index in [-0.39, 0.29) is 11.5 Å². The van der Waals surface area contributed by atoms with Gasteiger partial charge in [0, 0.05) is 0 Å². The van der Waals surface area contributed by atoms with Crippen molar-refractivity contribution >= 4 is 0 Å². The minimum Gasteiger partial charge on any atom is -0.496 e. The van der Waals surface area contributed by atoms with E-state index < -0.39 is 0 Å². The van der Waals surface area contributed by atoms with E-state index in [4.69, 9.17) is 4.74 Å². The van der Waals surface area contributed by atoms with Crippen molar-refractivity contribution in [2.24, 2.45) is 0 Å². The van der Waals surface area contributed by atoms with Crippen molar-refractivity contribution < 1.29 is 9.84 Å². The number of hydrogen-bond acceptors (Lipinski definition) is 2. The molecule has 2 atom stereocenters. The van der Waals surface area contributed by atoms with Crippen molar-refractivity contribution in [2.75, 3.05) is 7.11 Å². The third-order valence-corrected chi connectivity index (χ3v) is 4.11. The predicted molar refractivity (Wildman–Crippen MR) is 69.7 cm³/mol. The average molecular weight is 234 g/mol. The lowest BCUT2D eigenvalue weighted by Gasteiger charge is -2.27. The van der Waals surface area contributed by atoms with Gasteiger partial charge < -0.3 is 9.84 Å². The molecule has 1 aliphatic carbocycles. The Balaban J connectivity index is 2.42. The highest BCUT2D eigenvalue weighted by atomic mass is 16.5. The molecule has 0 aliphatic heterocycles. The van der Waals surface area contributed by atoms with Crippen molar-refractivity contribution in [3.05, 3.63) is 28.8 Å². The van der Waals surface area contributed by atoms with Gasteiger partial charge in [0.15, 0.2) is 0 Å². The highest BCUT2D eigenvalue weighted by Crippen LogP contribution is 2.43. The molecule has 1 aliphatic rings. The van der Waals surface area contributed by atoms with E-state index in [1.54, 1.807) is 7.11 Å². The fourth-order valence-electron chi connectivity index (χ4n) is 3.11. The van der Waals surface area contributed by atoms with Crippen LogP contribution >= 0.6 is 0 Å². The van der Waals surface area contributed by atoms with Gasteiger partial charge in [-0.05, 0) is 61.3 Å². The highest BCUT2D eigenvalue weighted by molar-refractivity contribution is 5.45. The van der Waals surface area contributed by atoms with Crippen LogP contribution in [-0.2, 0) is 5.41 Å². The topological polar surface area (TPSA) is 29.5 Å².